The molecule has 0 amide bonds. The van der Waals surface area contributed by atoms with Gasteiger partial charge in [-0.1, -0.05) is 20.8 Å². The Morgan fingerprint density at radius 1 is 1.41 bits per heavy atom. The highest BCUT2D eigenvalue weighted by Crippen LogP contribution is 2.23. The van der Waals surface area contributed by atoms with Gasteiger partial charge in [-0.05, 0) is 33.8 Å². The van der Waals surface area contributed by atoms with Gasteiger partial charge in [-0.2, -0.15) is 0 Å². The van der Waals surface area contributed by atoms with Crippen molar-refractivity contribution in [2.45, 2.75) is 27.2 Å². The number of anilines is 1. The van der Waals surface area contributed by atoms with Gasteiger partial charge in [-0.25, -0.2) is 8.42 Å². The zero-order valence-corrected chi connectivity index (χ0v) is 12.6. The zero-order chi connectivity index (χ0) is 13.1. The van der Waals surface area contributed by atoms with E-state index in [9.17, 15) is 8.42 Å². The van der Waals surface area contributed by atoms with Crippen LogP contribution in [0.3, 0.4) is 0 Å². The molecule has 0 spiro atoms. The van der Waals surface area contributed by atoms with E-state index in [1.165, 1.54) is 0 Å². The third-order valence-corrected chi connectivity index (χ3v) is 4.06. The molecule has 0 fully saturated rings. The van der Waals surface area contributed by atoms with Crippen molar-refractivity contribution in [1.82, 2.24) is 4.98 Å². The van der Waals surface area contributed by atoms with Gasteiger partial charge in [-0.3, -0.25) is 9.71 Å². The predicted octanol–water partition coefficient (Wildman–Crippen LogP) is 3.02. The molecular formula is C11H17BrN2O2S. The Kier molecular flexibility index (Phi) is 4.55. The van der Waals surface area contributed by atoms with Crippen molar-refractivity contribution in [1.29, 1.82) is 0 Å². The summed E-state index contributed by atoms with van der Waals surface area (Å²) in [5, 5.41) is 0. The summed E-state index contributed by atoms with van der Waals surface area (Å²) in [7, 11) is -3.30. The van der Waals surface area contributed by atoms with Crippen molar-refractivity contribution < 1.29 is 8.42 Å². The van der Waals surface area contributed by atoms with E-state index in [0.717, 1.165) is 0 Å². The number of rotatable bonds is 4. The molecule has 96 valence electrons. The Morgan fingerprint density at radius 3 is 2.59 bits per heavy atom. The minimum Gasteiger partial charge on any atom is -0.282 e. The van der Waals surface area contributed by atoms with Crippen LogP contribution in [0.25, 0.3) is 0 Å². The van der Waals surface area contributed by atoms with E-state index in [-0.39, 0.29) is 11.2 Å². The first-order valence-corrected chi connectivity index (χ1v) is 7.74. The van der Waals surface area contributed by atoms with Crippen LogP contribution in [0.2, 0.25) is 0 Å². The van der Waals surface area contributed by atoms with E-state index in [4.69, 9.17) is 0 Å². The van der Waals surface area contributed by atoms with Crippen molar-refractivity contribution in [2.75, 3.05) is 10.5 Å². The van der Waals surface area contributed by atoms with Gasteiger partial charge in [0.2, 0.25) is 10.0 Å². The lowest BCUT2D eigenvalue weighted by Gasteiger charge is -2.18. The lowest BCUT2D eigenvalue weighted by molar-refractivity contribution is 0.397. The monoisotopic (exact) mass is 320 g/mol. The first kappa shape index (κ1) is 14.4. The van der Waals surface area contributed by atoms with Gasteiger partial charge in [0.15, 0.2) is 0 Å². The number of sulfonamides is 1. The standard InChI is InChI=1S/C11H17BrN2O2S/c1-11(2,3)5-7-17(15,16)14-10-4-6-13-8-9(10)12/h4,6,8H,5,7H2,1-3H3,(H,13,14). The predicted molar refractivity (Wildman–Crippen MR) is 73.4 cm³/mol. The summed E-state index contributed by atoms with van der Waals surface area (Å²) in [6.07, 6.45) is 3.72. The van der Waals surface area contributed by atoms with Crippen LogP contribution in [0.1, 0.15) is 27.2 Å². The molecule has 1 heterocycles. The van der Waals surface area contributed by atoms with E-state index in [1.807, 2.05) is 20.8 Å². The van der Waals surface area contributed by atoms with E-state index in [1.54, 1.807) is 18.5 Å². The maximum absolute atomic E-state index is 11.8. The Bertz CT molecular complexity index is 480. The summed E-state index contributed by atoms with van der Waals surface area (Å²) in [6, 6.07) is 1.62. The van der Waals surface area contributed by atoms with E-state index in [0.29, 0.717) is 16.6 Å². The summed E-state index contributed by atoms with van der Waals surface area (Å²) >= 11 is 3.25. The van der Waals surface area contributed by atoms with Gasteiger partial charge < -0.3 is 0 Å². The molecule has 0 aliphatic rings. The molecular weight excluding hydrogens is 304 g/mol. The van der Waals surface area contributed by atoms with Crippen LogP contribution in [0.4, 0.5) is 5.69 Å². The number of pyridine rings is 1. The van der Waals surface area contributed by atoms with Gasteiger partial charge in [0.05, 0.1) is 15.9 Å². The second-order valence-electron chi connectivity index (χ2n) is 5.09. The molecule has 1 N–H and O–H groups in total. The Balaban J connectivity index is 2.71. The first-order valence-electron chi connectivity index (χ1n) is 5.30. The van der Waals surface area contributed by atoms with Crippen molar-refractivity contribution in [3.63, 3.8) is 0 Å². The number of hydrogen-bond donors (Lipinski definition) is 1. The number of halogens is 1. The fourth-order valence-electron chi connectivity index (χ4n) is 1.12. The second-order valence-corrected chi connectivity index (χ2v) is 7.78. The number of nitrogens with one attached hydrogen (secondary N) is 1. The topological polar surface area (TPSA) is 59.1 Å². The molecule has 0 aromatic carbocycles. The minimum absolute atomic E-state index is 0.00419. The summed E-state index contributed by atoms with van der Waals surface area (Å²) in [5.74, 6) is 0.116. The molecule has 0 aliphatic heterocycles. The molecule has 0 atom stereocenters. The molecule has 0 saturated carbocycles. The average molecular weight is 321 g/mol. The van der Waals surface area contributed by atoms with E-state index >= 15 is 0 Å². The normalized spacial score (nSPS) is 12.5. The molecule has 17 heavy (non-hydrogen) atoms. The first-order chi connectivity index (χ1) is 7.70. The summed E-state index contributed by atoms with van der Waals surface area (Å²) in [4.78, 5) is 3.88. The second kappa shape index (κ2) is 5.35. The summed E-state index contributed by atoms with van der Waals surface area (Å²) in [5.41, 5.74) is 0.526. The highest BCUT2D eigenvalue weighted by molar-refractivity contribution is 9.10. The SMILES string of the molecule is CC(C)(C)CCS(=O)(=O)Nc1ccncc1Br. The van der Waals surface area contributed by atoms with E-state index in [2.05, 4.69) is 25.6 Å². The molecule has 1 rings (SSSR count). The lowest BCUT2D eigenvalue weighted by atomic mass is 9.94. The quantitative estimate of drug-likeness (QED) is 0.927. The summed E-state index contributed by atoms with van der Waals surface area (Å²) in [6.45, 7) is 6.06. The lowest BCUT2D eigenvalue weighted by Crippen LogP contribution is -2.21. The van der Waals surface area contributed by atoms with Gasteiger partial charge in [-0.15, -0.1) is 0 Å². The van der Waals surface area contributed by atoms with Gasteiger partial charge >= 0.3 is 0 Å². The zero-order valence-electron chi connectivity index (χ0n) is 10.2. The number of aromatic nitrogens is 1. The molecule has 1 aromatic heterocycles. The molecule has 4 nitrogen and oxygen atoms in total. The third kappa shape index (κ3) is 5.50. The summed E-state index contributed by atoms with van der Waals surface area (Å²) < 4.78 is 26.9. The molecule has 0 saturated heterocycles. The van der Waals surface area contributed by atoms with Crippen LogP contribution in [0.5, 0.6) is 0 Å². The molecule has 0 aliphatic carbocycles. The maximum Gasteiger partial charge on any atom is 0.232 e. The molecule has 0 bridgehead atoms. The van der Waals surface area contributed by atoms with Gasteiger partial charge in [0.25, 0.3) is 0 Å². The average Bonchev–Trinajstić information content (AvgIpc) is 2.18. The van der Waals surface area contributed by atoms with Crippen molar-refractivity contribution in [3.05, 3.63) is 22.9 Å². The van der Waals surface area contributed by atoms with Crippen molar-refractivity contribution in [3.8, 4) is 0 Å². The maximum atomic E-state index is 11.8. The van der Waals surface area contributed by atoms with Crippen LogP contribution in [0.15, 0.2) is 22.9 Å². The highest BCUT2D eigenvalue weighted by atomic mass is 79.9. The van der Waals surface area contributed by atoms with Crippen LogP contribution in [-0.2, 0) is 10.0 Å². The number of nitrogens with zero attached hydrogens (tertiary/aromatic N) is 1. The Labute approximate surface area is 111 Å². The fourth-order valence-corrected chi connectivity index (χ4v) is 3.09. The third-order valence-electron chi connectivity index (χ3n) is 2.16. The highest BCUT2D eigenvalue weighted by Gasteiger charge is 2.18. The largest absolute Gasteiger partial charge is 0.282 e. The molecule has 1 aromatic rings. The molecule has 6 heteroatoms. The number of hydrogen-bond acceptors (Lipinski definition) is 3. The van der Waals surface area contributed by atoms with Crippen LogP contribution < -0.4 is 4.72 Å². The van der Waals surface area contributed by atoms with Crippen molar-refractivity contribution in [2.24, 2.45) is 5.41 Å². The molecule has 0 radical (unpaired) electrons. The Hall–Kier alpha value is -0.620. The van der Waals surface area contributed by atoms with Crippen molar-refractivity contribution >= 4 is 31.6 Å². The minimum atomic E-state index is -3.30. The van der Waals surface area contributed by atoms with Crippen LogP contribution >= 0.6 is 15.9 Å². The fraction of sp³-hybridized carbons (Fsp3) is 0.545. The van der Waals surface area contributed by atoms with Crippen LogP contribution in [0, 0.1) is 5.41 Å². The van der Waals surface area contributed by atoms with E-state index < -0.39 is 10.0 Å². The Morgan fingerprint density at radius 2 is 2.06 bits per heavy atom. The van der Waals surface area contributed by atoms with Crippen LogP contribution in [-0.4, -0.2) is 19.2 Å². The molecule has 0 unspecified atom stereocenters. The van der Waals surface area contributed by atoms with Gasteiger partial charge in [0.1, 0.15) is 0 Å². The smallest absolute Gasteiger partial charge is 0.232 e. The van der Waals surface area contributed by atoms with Gasteiger partial charge in [0, 0.05) is 12.4 Å².